The van der Waals surface area contributed by atoms with Crippen LogP contribution in [0.3, 0.4) is 0 Å². The number of aromatic hydroxyl groups is 1. The number of para-hydroxylation sites is 1. The Morgan fingerprint density at radius 1 is 0.877 bits per heavy atom. The van der Waals surface area contributed by atoms with Crippen molar-refractivity contribution in [3.05, 3.63) is 100 Å². The number of carbonyl (C=O) groups excluding carboxylic acids is 5. The molecule has 3 unspecified atom stereocenters. The van der Waals surface area contributed by atoms with Crippen LogP contribution in [0.1, 0.15) is 79.7 Å². The number of alkyl halides is 3. The van der Waals surface area contributed by atoms with Crippen molar-refractivity contribution in [2.24, 2.45) is 23.5 Å². The molecule has 12 nitrogen and oxygen atoms in total. The van der Waals surface area contributed by atoms with Gasteiger partial charge in [-0.15, -0.1) is 0 Å². The molecule has 5 amide bonds. The number of fused-ring (bicyclic) bond motifs is 3. The summed E-state index contributed by atoms with van der Waals surface area (Å²) in [5.41, 5.74) is 11.1. The van der Waals surface area contributed by atoms with E-state index >= 15 is 0 Å². The number of nitrogens with one attached hydrogen (secondary N) is 5. The standard InChI is InChI=1S/C27H29F3N4O4.C14H19FN2O2/c1-3-14(2)22(26(38)34-33-25(37)15-7-10-17(35)11-8-15)32-24(36)16-9-12-21-19(13-16)18-5-4-6-20(23(18)31-21)27(28,29)30;1-3-9(2)13(14(16)19)17-12(18)8-10-6-4-5-7-11(10)15/h4-8,10-11,14,16,22,31,35H,3,9,12-13H2,1-2H3,(H,32,36)(H,33,37)(H,34,38);4-7,9,13H,3,8H2,1-2H3,(H2,16,19)(H,17,18)/t14?,16?,22-;9?,13-/m00/s1. The summed E-state index contributed by atoms with van der Waals surface area (Å²) < 4.78 is 53.8. The smallest absolute Gasteiger partial charge is 0.418 e. The quantitative estimate of drug-likeness (QED) is 0.0744. The monoisotopic (exact) mass is 796 g/mol. The summed E-state index contributed by atoms with van der Waals surface area (Å²) in [5, 5.41) is 15.2. The molecule has 0 radical (unpaired) electrons. The Kier molecular flexibility index (Phi) is 14.8. The molecule has 0 saturated carbocycles. The van der Waals surface area contributed by atoms with Crippen molar-refractivity contribution in [2.75, 3.05) is 0 Å². The zero-order valence-corrected chi connectivity index (χ0v) is 32.1. The number of benzene rings is 3. The van der Waals surface area contributed by atoms with Gasteiger partial charge in [0.1, 0.15) is 23.7 Å². The highest BCUT2D eigenvalue weighted by Crippen LogP contribution is 2.39. The van der Waals surface area contributed by atoms with Gasteiger partial charge in [-0.2, -0.15) is 13.2 Å². The van der Waals surface area contributed by atoms with E-state index in [2.05, 4.69) is 26.5 Å². The summed E-state index contributed by atoms with van der Waals surface area (Å²) in [7, 11) is 0. The summed E-state index contributed by atoms with van der Waals surface area (Å²) >= 11 is 0. The zero-order chi connectivity index (χ0) is 42.0. The van der Waals surface area contributed by atoms with Crippen LogP contribution in [0.25, 0.3) is 10.9 Å². The molecule has 0 fully saturated rings. The van der Waals surface area contributed by atoms with Gasteiger partial charge in [0.15, 0.2) is 0 Å². The number of rotatable bonds is 12. The molecule has 0 aliphatic heterocycles. The molecule has 1 aromatic heterocycles. The summed E-state index contributed by atoms with van der Waals surface area (Å²) in [6.45, 7) is 7.40. The van der Waals surface area contributed by atoms with Crippen LogP contribution in [0.4, 0.5) is 17.6 Å². The Balaban J connectivity index is 0.000000319. The van der Waals surface area contributed by atoms with Crippen LogP contribution < -0.4 is 27.2 Å². The van der Waals surface area contributed by atoms with Crippen molar-refractivity contribution in [1.82, 2.24) is 26.5 Å². The number of phenolic OH excluding ortho intramolecular Hbond substituents is 1. The number of nitrogens with two attached hydrogens (primary N) is 1. The average Bonchev–Trinajstić information content (AvgIpc) is 3.56. The van der Waals surface area contributed by atoms with Crippen molar-refractivity contribution in [3.8, 4) is 5.75 Å². The molecule has 1 aliphatic rings. The van der Waals surface area contributed by atoms with E-state index in [0.717, 1.165) is 6.07 Å². The molecule has 1 aliphatic carbocycles. The van der Waals surface area contributed by atoms with Crippen molar-refractivity contribution in [3.63, 3.8) is 0 Å². The molecule has 0 spiro atoms. The van der Waals surface area contributed by atoms with E-state index in [1.807, 2.05) is 20.8 Å². The van der Waals surface area contributed by atoms with E-state index in [1.165, 1.54) is 42.5 Å². The lowest BCUT2D eigenvalue weighted by molar-refractivity contribution is -0.136. The van der Waals surface area contributed by atoms with E-state index < -0.39 is 59.2 Å². The van der Waals surface area contributed by atoms with E-state index in [0.29, 0.717) is 47.9 Å². The number of aryl methyl sites for hydroxylation is 1. The lowest BCUT2D eigenvalue weighted by Gasteiger charge is -2.27. The summed E-state index contributed by atoms with van der Waals surface area (Å²) in [5.74, 6) is -3.82. The number of halogens is 4. The van der Waals surface area contributed by atoms with Gasteiger partial charge in [-0.05, 0) is 78.6 Å². The van der Waals surface area contributed by atoms with Crippen LogP contribution in [0, 0.1) is 23.6 Å². The maximum atomic E-state index is 13.5. The number of hydrogen-bond donors (Lipinski definition) is 7. The third kappa shape index (κ3) is 11.3. The zero-order valence-electron chi connectivity index (χ0n) is 32.1. The molecular weight excluding hydrogens is 748 g/mol. The molecule has 1 heterocycles. The number of primary amides is 1. The van der Waals surface area contributed by atoms with Crippen molar-refractivity contribution in [1.29, 1.82) is 0 Å². The topological polar surface area (TPSA) is 196 Å². The molecule has 5 rings (SSSR count). The van der Waals surface area contributed by atoms with Crippen LogP contribution >= 0.6 is 0 Å². The molecule has 57 heavy (non-hydrogen) atoms. The van der Waals surface area contributed by atoms with E-state index in [1.54, 1.807) is 25.1 Å². The second kappa shape index (κ2) is 19.3. The van der Waals surface area contributed by atoms with Crippen LogP contribution in [0.15, 0.2) is 66.7 Å². The Hall–Kier alpha value is -5.93. The van der Waals surface area contributed by atoms with Gasteiger partial charge in [-0.3, -0.25) is 34.8 Å². The third-order valence-electron chi connectivity index (χ3n) is 10.3. The minimum atomic E-state index is -4.50. The lowest BCUT2D eigenvalue weighted by atomic mass is 9.85. The van der Waals surface area contributed by atoms with Gasteiger partial charge in [0, 0.05) is 22.6 Å². The fourth-order valence-electron chi connectivity index (χ4n) is 6.52. The molecule has 3 aromatic carbocycles. The lowest BCUT2D eigenvalue weighted by Crippen LogP contribution is -2.55. The average molecular weight is 797 g/mol. The van der Waals surface area contributed by atoms with Crippen LogP contribution in [-0.4, -0.2) is 51.7 Å². The minimum absolute atomic E-state index is 0.00612. The SMILES string of the molecule is CCC(C)[C@H](NC(=O)C1CCc2[nH]c3c(C(F)(F)F)cccc3c2C1)C(=O)NNC(=O)c1ccc(O)cc1.CCC(C)[C@H](NC(=O)Cc1ccccc1F)C(N)=O. The molecule has 306 valence electrons. The Bertz CT molecular complexity index is 2070. The molecule has 8 N–H and O–H groups in total. The molecule has 0 saturated heterocycles. The van der Waals surface area contributed by atoms with Crippen molar-refractivity contribution >= 4 is 40.4 Å². The third-order valence-corrected chi connectivity index (χ3v) is 10.3. The van der Waals surface area contributed by atoms with Crippen LogP contribution in [-0.2, 0) is 44.6 Å². The Morgan fingerprint density at radius 2 is 1.53 bits per heavy atom. The molecule has 5 atom stereocenters. The molecule has 4 aromatic rings. The van der Waals surface area contributed by atoms with Crippen LogP contribution in [0.2, 0.25) is 0 Å². The molecular formula is C41H48F4N6O6. The first-order valence-corrected chi connectivity index (χ1v) is 18.7. The van der Waals surface area contributed by atoms with E-state index in [-0.39, 0.29) is 47.4 Å². The largest absolute Gasteiger partial charge is 0.508 e. The van der Waals surface area contributed by atoms with Gasteiger partial charge in [0.2, 0.25) is 17.7 Å². The normalized spacial score (nSPS) is 15.8. The summed E-state index contributed by atoms with van der Waals surface area (Å²) in [6.07, 6.45) is -2.25. The van der Waals surface area contributed by atoms with Gasteiger partial charge in [-0.25, -0.2) is 4.39 Å². The number of phenols is 1. The predicted molar refractivity (Wildman–Crippen MR) is 205 cm³/mol. The van der Waals surface area contributed by atoms with Gasteiger partial charge in [0.05, 0.1) is 17.5 Å². The number of carbonyl (C=O) groups is 5. The minimum Gasteiger partial charge on any atom is -0.508 e. The van der Waals surface area contributed by atoms with Gasteiger partial charge < -0.3 is 26.5 Å². The summed E-state index contributed by atoms with van der Waals surface area (Å²) in [6, 6.07) is 13.9. The maximum absolute atomic E-state index is 13.5. The Labute approximate surface area is 327 Å². The fourth-order valence-corrected chi connectivity index (χ4v) is 6.52. The first-order valence-electron chi connectivity index (χ1n) is 18.7. The van der Waals surface area contributed by atoms with Crippen molar-refractivity contribution < 1.29 is 46.6 Å². The number of H-pyrrole nitrogens is 1. The number of hydrazine groups is 1. The molecule has 0 bridgehead atoms. The van der Waals surface area contributed by atoms with E-state index in [9.17, 15) is 46.6 Å². The highest BCUT2D eigenvalue weighted by molar-refractivity contribution is 5.97. The van der Waals surface area contributed by atoms with Gasteiger partial charge in [0.25, 0.3) is 11.8 Å². The fraction of sp³-hybridized carbons (Fsp3) is 0.390. The molecule has 16 heteroatoms. The van der Waals surface area contributed by atoms with Gasteiger partial charge in [-0.1, -0.05) is 70.9 Å². The highest BCUT2D eigenvalue weighted by atomic mass is 19.4. The number of hydrogen-bond acceptors (Lipinski definition) is 6. The van der Waals surface area contributed by atoms with Crippen molar-refractivity contribution in [2.45, 2.75) is 84.5 Å². The Morgan fingerprint density at radius 3 is 2.14 bits per heavy atom. The number of aromatic amines is 1. The number of aromatic nitrogens is 1. The van der Waals surface area contributed by atoms with Gasteiger partial charge >= 0.3 is 6.18 Å². The number of amides is 5. The summed E-state index contributed by atoms with van der Waals surface area (Å²) in [4.78, 5) is 64.5. The first kappa shape index (κ1) is 43.8. The predicted octanol–water partition coefficient (Wildman–Crippen LogP) is 5.37. The maximum Gasteiger partial charge on any atom is 0.418 e. The van der Waals surface area contributed by atoms with Crippen LogP contribution in [0.5, 0.6) is 5.75 Å². The first-order chi connectivity index (χ1) is 26.9. The van der Waals surface area contributed by atoms with E-state index in [4.69, 9.17) is 5.73 Å². The second-order valence-electron chi connectivity index (χ2n) is 14.2. The second-order valence-corrected chi connectivity index (χ2v) is 14.2. The highest BCUT2D eigenvalue weighted by Gasteiger charge is 2.36.